The first-order valence-electron chi connectivity index (χ1n) is 9.45. The van der Waals surface area contributed by atoms with Gasteiger partial charge in [0.15, 0.2) is 0 Å². The molecule has 2 heterocycles. The Hall–Kier alpha value is -1.82. The van der Waals surface area contributed by atoms with Gasteiger partial charge < -0.3 is 9.64 Å². The molecule has 136 valence electrons. The van der Waals surface area contributed by atoms with E-state index < -0.39 is 0 Å². The summed E-state index contributed by atoms with van der Waals surface area (Å²) in [5.74, 6) is 1.55. The first-order chi connectivity index (χ1) is 12.0. The summed E-state index contributed by atoms with van der Waals surface area (Å²) in [4.78, 5) is 15.8. The van der Waals surface area contributed by atoms with Crippen LogP contribution in [-0.2, 0) is 0 Å². The van der Waals surface area contributed by atoms with Crippen molar-refractivity contribution in [3.8, 4) is 5.75 Å². The third-order valence-corrected chi connectivity index (χ3v) is 6.20. The van der Waals surface area contributed by atoms with Gasteiger partial charge in [-0.25, -0.2) is 0 Å². The van der Waals surface area contributed by atoms with E-state index in [1.165, 1.54) is 25.7 Å². The highest BCUT2D eigenvalue weighted by Crippen LogP contribution is 2.41. The summed E-state index contributed by atoms with van der Waals surface area (Å²) in [7, 11) is 0. The van der Waals surface area contributed by atoms with E-state index in [1.807, 2.05) is 6.92 Å². The summed E-state index contributed by atoms with van der Waals surface area (Å²) < 4.78 is 5.94. The monoisotopic (exact) mass is 345 g/mol. The Labute approximate surface area is 148 Å². The number of hydrogen-bond acceptors (Lipinski definition) is 5. The molecule has 4 rings (SSSR count). The van der Waals surface area contributed by atoms with Crippen LogP contribution in [0.25, 0.3) is 0 Å². The first kappa shape index (κ1) is 16.6. The van der Waals surface area contributed by atoms with Crippen LogP contribution in [0.2, 0.25) is 0 Å². The number of non-ortho nitro benzene ring substituents is 1. The maximum atomic E-state index is 11.1. The Morgan fingerprint density at radius 1 is 1.16 bits per heavy atom. The number of piperazine rings is 1. The molecule has 0 bridgehead atoms. The van der Waals surface area contributed by atoms with Gasteiger partial charge >= 0.3 is 0 Å². The molecule has 1 aromatic rings. The Balaban J connectivity index is 1.51. The maximum absolute atomic E-state index is 11.1. The summed E-state index contributed by atoms with van der Waals surface area (Å²) in [6.07, 6.45) is 5.32. The molecule has 1 saturated heterocycles. The number of nitro benzene ring substituents is 1. The van der Waals surface area contributed by atoms with E-state index in [9.17, 15) is 10.1 Å². The average molecular weight is 345 g/mol. The normalized spacial score (nSPS) is 29.5. The second kappa shape index (κ2) is 6.48. The zero-order valence-electron chi connectivity index (χ0n) is 15.1. The molecule has 1 atom stereocenters. The van der Waals surface area contributed by atoms with Crippen LogP contribution >= 0.6 is 0 Å². The summed E-state index contributed by atoms with van der Waals surface area (Å²) in [6.45, 7) is 8.02. The predicted octanol–water partition coefficient (Wildman–Crippen LogP) is 3.36. The van der Waals surface area contributed by atoms with Gasteiger partial charge in [-0.05, 0) is 44.1 Å². The van der Waals surface area contributed by atoms with Gasteiger partial charge in [-0.3, -0.25) is 15.0 Å². The van der Waals surface area contributed by atoms with Crippen LogP contribution in [0.15, 0.2) is 12.1 Å². The van der Waals surface area contributed by atoms with Crippen molar-refractivity contribution >= 4 is 11.4 Å². The van der Waals surface area contributed by atoms with Crippen molar-refractivity contribution in [1.82, 2.24) is 4.90 Å². The lowest BCUT2D eigenvalue weighted by molar-refractivity contribution is -0.385. The minimum Gasteiger partial charge on any atom is -0.489 e. The molecule has 0 spiro atoms. The number of fused-ring (bicyclic) bond motifs is 3. The third-order valence-electron chi connectivity index (χ3n) is 6.20. The molecule has 0 N–H and O–H groups in total. The highest BCUT2D eigenvalue weighted by atomic mass is 16.6. The van der Waals surface area contributed by atoms with Crippen LogP contribution in [0.1, 0.15) is 38.2 Å². The van der Waals surface area contributed by atoms with Crippen molar-refractivity contribution in [3.05, 3.63) is 27.8 Å². The molecule has 6 heteroatoms. The van der Waals surface area contributed by atoms with Gasteiger partial charge in [0.2, 0.25) is 0 Å². The minimum absolute atomic E-state index is 0.115. The molecule has 2 fully saturated rings. The summed E-state index contributed by atoms with van der Waals surface area (Å²) in [5, 5.41) is 11.1. The van der Waals surface area contributed by atoms with E-state index in [0.29, 0.717) is 18.4 Å². The van der Waals surface area contributed by atoms with Crippen molar-refractivity contribution in [1.29, 1.82) is 0 Å². The average Bonchev–Trinajstić information content (AvgIpc) is 2.61. The van der Waals surface area contributed by atoms with Crippen LogP contribution in [0, 0.1) is 23.0 Å². The highest BCUT2D eigenvalue weighted by Gasteiger charge is 2.37. The largest absolute Gasteiger partial charge is 0.489 e. The Morgan fingerprint density at radius 3 is 2.64 bits per heavy atom. The molecule has 0 unspecified atom stereocenters. The molecule has 1 aromatic carbocycles. The molecule has 1 aliphatic carbocycles. The standard InChI is InChI=1S/C19H27N3O3/c1-13-3-5-15(6-4-13)20-7-8-21-17(11-20)12-25-18-10-16(22(23)24)9-14(2)19(18)21/h9-10,13,15,17H,3-8,11-12H2,1-2H3/t13?,15?,17-/m0/s1. The fraction of sp³-hybridized carbons (Fsp3) is 0.684. The number of aryl methyl sites for hydroxylation is 1. The molecular weight excluding hydrogens is 318 g/mol. The molecule has 0 radical (unpaired) electrons. The van der Waals surface area contributed by atoms with E-state index in [4.69, 9.17) is 4.74 Å². The number of hydrogen-bond donors (Lipinski definition) is 0. The lowest BCUT2D eigenvalue weighted by Gasteiger charge is -2.49. The first-order valence-corrected chi connectivity index (χ1v) is 9.45. The van der Waals surface area contributed by atoms with Crippen molar-refractivity contribution in [2.24, 2.45) is 5.92 Å². The summed E-state index contributed by atoms with van der Waals surface area (Å²) in [6, 6.07) is 4.31. The van der Waals surface area contributed by atoms with Crippen LogP contribution in [0.4, 0.5) is 11.4 Å². The van der Waals surface area contributed by atoms with Crippen molar-refractivity contribution in [2.75, 3.05) is 31.1 Å². The number of benzene rings is 1. The molecule has 0 amide bonds. The Morgan fingerprint density at radius 2 is 1.92 bits per heavy atom. The van der Waals surface area contributed by atoms with E-state index in [2.05, 4.69) is 16.7 Å². The van der Waals surface area contributed by atoms with Gasteiger partial charge in [-0.2, -0.15) is 0 Å². The number of anilines is 1. The van der Waals surface area contributed by atoms with Gasteiger partial charge in [0.1, 0.15) is 12.4 Å². The molecule has 2 aliphatic heterocycles. The SMILES string of the molecule is Cc1cc([N+](=O)[O-])cc2c1N1CCN(C3CCC(C)CC3)C[C@H]1CO2. The molecule has 1 saturated carbocycles. The molecular formula is C19H27N3O3. The van der Waals surface area contributed by atoms with Crippen LogP contribution in [0.5, 0.6) is 5.75 Å². The zero-order chi connectivity index (χ0) is 17.6. The van der Waals surface area contributed by atoms with Gasteiger partial charge in [0, 0.05) is 31.7 Å². The molecule has 25 heavy (non-hydrogen) atoms. The molecule has 3 aliphatic rings. The second-order valence-corrected chi connectivity index (χ2v) is 7.93. The van der Waals surface area contributed by atoms with E-state index in [1.54, 1.807) is 12.1 Å². The number of nitro groups is 1. The Bertz CT molecular complexity index is 670. The van der Waals surface area contributed by atoms with E-state index in [0.717, 1.165) is 42.8 Å². The maximum Gasteiger partial charge on any atom is 0.273 e. The van der Waals surface area contributed by atoms with E-state index in [-0.39, 0.29) is 10.6 Å². The Kier molecular flexibility index (Phi) is 4.31. The topological polar surface area (TPSA) is 58.9 Å². The fourth-order valence-corrected chi connectivity index (χ4v) is 4.75. The second-order valence-electron chi connectivity index (χ2n) is 7.93. The van der Waals surface area contributed by atoms with Crippen LogP contribution < -0.4 is 9.64 Å². The third kappa shape index (κ3) is 3.08. The van der Waals surface area contributed by atoms with Crippen LogP contribution in [0.3, 0.4) is 0 Å². The van der Waals surface area contributed by atoms with Crippen molar-refractivity contribution in [3.63, 3.8) is 0 Å². The van der Waals surface area contributed by atoms with Gasteiger partial charge in [-0.1, -0.05) is 6.92 Å². The van der Waals surface area contributed by atoms with Crippen molar-refractivity contribution < 1.29 is 9.66 Å². The number of rotatable bonds is 2. The molecule has 6 nitrogen and oxygen atoms in total. The minimum atomic E-state index is -0.343. The van der Waals surface area contributed by atoms with E-state index >= 15 is 0 Å². The quantitative estimate of drug-likeness (QED) is 0.607. The van der Waals surface area contributed by atoms with Gasteiger partial charge in [0.25, 0.3) is 5.69 Å². The summed E-state index contributed by atoms with van der Waals surface area (Å²) in [5.41, 5.74) is 2.11. The smallest absolute Gasteiger partial charge is 0.273 e. The predicted molar refractivity (Wildman–Crippen MR) is 97.5 cm³/mol. The highest BCUT2D eigenvalue weighted by molar-refractivity contribution is 5.69. The number of nitrogens with zero attached hydrogens (tertiary/aromatic N) is 3. The van der Waals surface area contributed by atoms with Gasteiger partial charge in [-0.15, -0.1) is 0 Å². The van der Waals surface area contributed by atoms with Gasteiger partial charge in [0.05, 0.1) is 22.7 Å². The van der Waals surface area contributed by atoms with Crippen molar-refractivity contribution in [2.45, 2.75) is 51.6 Å². The fourth-order valence-electron chi connectivity index (χ4n) is 4.75. The summed E-state index contributed by atoms with van der Waals surface area (Å²) >= 11 is 0. The van der Waals surface area contributed by atoms with Crippen LogP contribution in [-0.4, -0.2) is 48.1 Å². The lowest BCUT2D eigenvalue weighted by Crippen LogP contribution is -2.59. The molecule has 0 aromatic heterocycles. The zero-order valence-corrected chi connectivity index (χ0v) is 15.1. The number of ether oxygens (including phenoxy) is 1. The lowest BCUT2D eigenvalue weighted by atomic mass is 9.86.